The Hall–Kier alpha value is -1.08. The third-order valence-corrected chi connectivity index (χ3v) is 5.38. The van der Waals surface area contributed by atoms with Crippen LogP contribution in [0.25, 0.3) is 0 Å². The molecular weight excluding hydrogens is 332 g/mol. The van der Waals surface area contributed by atoms with E-state index in [0.29, 0.717) is 19.4 Å². The van der Waals surface area contributed by atoms with Gasteiger partial charge in [0.05, 0.1) is 12.0 Å². The quantitative estimate of drug-likeness (QED) is 0.766. The van der Waals surface area contributed by atoms with Gasteiger partial charge in [-0.1, -0.05) is 6.42 Å². The maximum absolute atomic E-state index is 11.6. The molecule has 0 saturated heterocycles. The summed E-state index contributed by atoms with van der Waals surface area (Å²) in [5.74, 6) is -0.819. The molecule has 0 aliphatic heterocycles. The summed E-state index contributed by atoms with van der Waals surface area (Å²) in [4.78, 5) is 23.8. The van der Waals surface area contributed by atoms with E-state index >= 15 is 0 Å². The molecule has 1 aliphatic carbocycles. The fraction of sp³-hybridized carbons (Fsp3) is 0.500. The van der Waals surface area contributed by atoms with Crippen LogP contribution in [0.5, 0.6) is 0 Å². The van der Waals surface area contributed by atoms with E-state index in [2.05, 4.69) is 26.6 Å². The highest BCUT2D eigenvalue weighted by atomic mass is 79.9. The zero-order valence-corrected chi connectivity index (χ0v) is 12.6. The molecule has 0 spiro atoms. The Morgan fingerprint density at radius 1 is 1.42 bits per heavy atom. The summed E-state index contributed by atoms with van der Waals surface area (Å²) >= 11 is 4.94. The maximum atomic E-state index is 11.6. The van der Waals surface area contributed by atoms with E-state index in [9.17, 15) is 9.59 Å². The number of rotatable bonds is 5. The van der Waals surface area contributed by atoms with E-state index < -0.39 is 11.4 Å². The van der Waals surface area contributed by atoms with Gasteiger partial charge in [0.15, 0.2) is 0 Å². The van der Waals surface area contributed by atoms with Gasteiger partial charge in [-0.3, -0.25) is 4.79 Å². The summed E-state index contributed by atoms with van der Waals surface area (Å²) < 4.78 is 0.971. The molecular formula is C12H15BrN2O3S. The Bertz CT molecular complexity index is 485. The molecule has 0 bridgehead atoms. The van der Waals surface area contributed by atoms with Gasteiger partial charge in [-0.15, -0.1) is 11.3 Å². The van der Waals surface area contributed by atoms with Crippen molar-refractivity contribution in [2.24, 2.45) is 5.41 Å². The van der Waals surface area contributed by atoms with E-state index in [1.165, 1.54) is 0 Å². The van der Waals surface area contributed by atoms with Crippen molar-refractivity contribution in [3.63, 3.8) is 0 Å². The van der Waals surface area contributed by atoms with Crippen LogP contribution in [-0.4, -0.2) is 23.7 Å². The molecule has 104 valence electrons. The molecule has 5 nitrogen and oxygen atoms in total. The van der Waals surface area contributed by atoms with Gasteiger partial charge in [-0.05, 0) is 40.2 Å². The zero-order chi connectivity index (χ0) is 13.9. The average Bonchev–Trinajstić information content (AvgIpc) is 2.70. The van der Waals surface area contributed by atoms with Gasteiger partial charge >= 0.3 is 12.0 Å². The van der Waals surface area contributed by atoms with E-state index in [1.807, 2.05) is 11.4 Å². The maximum Gasteiger partial charge on any atom is 0.315 e. The molecule has 0 aromatic carbocycles. The van der Waals surface area contributed by atoms with Crippen molar-refractivity contribution in [3.05, 3.63) is 20.8 Å². The molecule has 1 fully saturated rings. The molecule has 1 aliphatic rings. The molecule has 0 unspecified atom stereocenters. The Balaban J connectivity index is 1.76. The van der Waals surface area contributed by atoms with Crippen molar-refractivity contribution in [1.82, 2.24) is 10.6 Å². The van der Waals surface area contributed by atoms with Crippen LogP contribution in [-0.2, 0) is 11.3 Å². The second kappa shape index (κ2) is 5.92. The average molecular weight is 347 g/mol. The highest BCUT2D eigenvalue weighted by molar-refractivity contribution is 9.10. The lowest BCUT2D eigenvalue weighted by molar-refractivity contribution is -0.153. The summed E-state index contributed by atoms with van der Waals surface area (Å²) in [6, 6.07) is 1.60. The molecule has 1 aromatic rings. The lowest BCUT2D eigenvalue weighted by Crippen LogP contribution is -2.49. The van der Waals surface area contributed by atoms with Crippen LogP contribution in [0.2, 0.25) is 0 Å². The van der Waals surface area contributed by atoms with Crippen molar-refractivity contribution >= 4 is 39.3 Å². The summed E-state index contributed by atoms with van der Waals surface area (Å²) in [5.41, 5.74) is -0.749. The summed E-state index contributed by atoms with van der Waals surface area (Å²) in [6.45, 7) is 0.629. The summed E-state index contributed by atoms with van der Waals surface area (Å²) in [6.07, 6.45) is 2.19. The lowest BCUT2D eigenvalue weighted by Gasteiger charge is -2.37. The molecule has 0 atom stereocenters. The molecule has 7 heteroatoms. The Kier molecular flexibility index (Phi) is 4.46. The Labute approximate surface area is 123 Å². The number of carbonyl (C=O) groups is 2. The highest BCUT2D eigenvalue weighted by Crippen LogP contribution is 2.40. The van der Waals surface area contributed by atoms with E-state index in [4.69, 9.17) is 5.11 Å². The first kappa shape index (κ1) is 14.3. The van der Waals surface area contributed by atoms with Gasteiger partial charge in [0.2, 0.25) is 0 Å². The number of carboxylic acids is 1. The molecule has 1 aromatic heterocycles. The van der Waals surface area contributed by atoms with Crippen molar-refractivity contribution < 1.29 is 14.7 Å². The number of thiophene rings is 1. The number of nitrogens with one attached hydrogen (secondary N) is 2. The van der Waals surface area contributed by atoms with Crippen LogP contribution in [0.15, 0.2) is 15.9 Å². The van der Waals surface area contributed by atoms with Crippen LogP contribution in [0, 0.1) is 5.41 Å². The van der Waals surface area contributed by atoms with Gasteiger partial charge in [0, 0.05) is 15.9 Å². The number of amides is 2. The van der Waals surface area contributed by atoms with E-state index in [1.54, 1.807) is 11.3 Å². The number of urea groups is 1. The minimum atomic E-state index is -0.819. The van der Waals surface area contributed by atoms with Crippen molar-refractivity contribution in [2.45, 2.75) is 25.8 Å². The van der Waals surface area contributed by atoms with Gasteiger partial charge in [-0.2, -0.15) is 0 Å². The second-order valence-electron chi connectivity index (χ2n) is 4.67. The number of carbonyl (C=O) groups excluding carboxylic acids is 1. The summed E-state index contributed by atoms with van der Waals surface area (Å²) in [7, 11) is 0. The first-order valence-electron chi connectivity index (χ1n) is 6.00. The summed E-state index contributed by atoms with van der Waals surface area (Å²) in [5, 5.41) is 16.4. The fourth-order valence-electron chi connectivity index (χ4n) is 1.99. The van der Waals surface area contributed by atoms with E-state index in [0.717, 1.165) is 15.8 Å². The van der Waals surface area contributed by atoms with Gasteiger partial charge in [0.1, 0.15) is 0 Å². The largest absolute Gasteiger partial charge is 0.481 e. The normalized spacial score (nSPS) is 16.5. The number of aliphatic carboxylic acids is 1. The number of hydrogen-bond acceptors (Lipinski definition) is 3. The molecule has 1 saturated carbocycles. The standard InChI is InChI=1S/C12H15BrN2O3S/c13-8-2-5-19-9(8)6-14-11(18)15-7-12(10(16)17)3-1-4-12/h2,5H,1,3-4,6-7H2,(H,16,17)(H2,14,15,18). The minimum absolute atomic E-state index is 0.194. The fourth-order valence-corrected chi connectivity index (χ4v) is 3.43. The van der Waals surface area contributed by atoms with Crippen molar-refractivity contribution in [2.75, 3.05) is 6.54 Å². The monoisotopic (exact) mass is 346 g/mol. The molecule has 2 rings (SSSR count). The molecule has 3 N–H and O–H groups in total. The SMILES string of the molecule is O=C(NCc1sccc1Br)NCC1(C(=O)O)CCC1. The van der Waals surface area contributed by atoms with Gasteiger partial charge < -0.3 is 15.7 Å². The van der Waals surface area contributed by atoms with Crippen molar-refractivity contribution in [3.8, 4) is 0 Å². The van der Waals surface area contributed by atoms with Crippen LogP contribution < -0.4 is 10.6 Å². The third kappa shape index (κ3) is 3.27. The number of carboxylic acid groups (broad SMARTS) is 1. The predicted molar refractivity (Wildman–Crippen MR) is 76.2 cm³/mol. The van der Waals surface area contributed by atoms with Gasteiger partial charge in [0.25, 0.3) is 0 Å². The smallest absolute Gasteiger partial charge is 0.315 e. The topological polar surface area (TPSA) is 78.4 Å². The van der Waals surface area contributed by atoms with Gasteiger partial charge in [-0.25, -0.2) is 4.79 Å². The molecule has 1 heterocycles. The highest BCUT2D eigenvalue weighted by Gasteiger charge is 2.44. The second-order valence-corrected chi connectivity index (χ2v) is 6.52. The number of hydrogen-bond donors (Lipinski definition) is 3. The molecule has 0 radical (unpaired) electrons. The predicted octanol–water partition coefficient (Wildman–Crippen LogP) is 2.56. The first-order valence-corrected chi connectivity index (χ1v) is 7.68. The zero-order valence-electron chi connectivity index (χ0n) is 10.2. The molecule has 19 heavy (non-hydrogen) atoms. The van der Waals surface area contributed by atoms with E-state index in [-0.39, 0.29) is 12.6 Å². The third-order valence-electron chi connectivity index (χ3n) is 3.45. The first-order chi connectivity index (χ1) is 9.03. The number of halogens is 1. The van der Waals surface area contributed by atoms with Crippen LogP contribution in [0.4, 0.5) is 4.79 Å². The Morgan fingerprint density at radius 2 is 2.16 bits per heavy atom. The Morgan fingerprint density at radius 3 is 2.63 bits per heavy atom. The van der Waals surface area contributed by atoms with Crippen LogP contribution in [0.3, 0.4) is 0 Å². The van der Waals surface area contributed by atoms with Crippen LogP contribution in [0.1, 0.15) is 24.1 Å². The van der Waals surface area contributed by atoms with Crippen LogP contribution >= 0.6 is 27.3 Å². The minimum Gasteiger partial charge on any atom is -0.481 e. The lowest BCUT2D eigenvalue weighted by atomic mass is 9.69. The van der Waals surface area contributed by atoms with Crippen molar-refractivity contribution in [1.29, 1.82) is 0 Å². The molecule has 2 amide bonds.